The van der Waals surface area contributed by atoms with Crippen LogP contribution in [0.3, 0.4) is 0 Å². The van der Waals surface area contributed by atoms with Crippen LogP contribution < -0.4 is 5.32 Å². The molecule has 0 aromatic carbocycles. The van der Waals surface area contributed by atoms with Gasteiger partial charge in [-0.2, -0.15) is 0 Å². The Morgan fingerprint density at radius 2 is 2.32 bits per heavy atom. The molecule has 1 aromatic rings. The SMILES string of the molecule is CCC(C)N(C)CCNc1ncc(Br)cc1C(=O)O. The molecule has 2 N–H and O–H groups in total. The van der Waals surface area contributed by atoms with Crippen LogP contribution in [0.1, 0.15) is 30.6 Å². The van der Waals surface area contributed by atoms with Crippen LogP contribution in [0.4, 0.5) is 5.82 Å². The molecule has 0 amide bonds. The molecule has 0 saturated heterocycles. The highest BCUT2D eigenvalue weighted by Crippen LogP contribution is 2.17. The first kappa shape index (κ1) is 15.9. The average Bonchev–Trinajstić information content (AvgIpc) is 2.38. The molecule has 19 heavy (non-hydrogen) atoms. The van der Waals surface area contributed by atoms with Crippen molar-refractivity contribution in [1.29, 1.82) is 0 Å². The van der Waals surface area contributed by atoms with Crippen molar-refractivity contribution in [3.8, 4) is 0 Å². The minimum Gasteiger partial charge on any atom is -0.478 e. The van der Waals surface area contributed by atoms with E-state index in [1.165, 1.54) is 0 Å². The quantitative estimate of drug-likeness (QED) is 0.805. The number of halogens is 1. The van der Waals surface area contributed by atoms with Gasteiger partial charge in [0.05, 0.1) is 0 Å². The van der Waals surface area contributed by atoms with Crippen LogP contribution in [0, 0.1) is 0 Å². The minimum atomic E-state index is -0.980. The second-order valence-electron chi connectivity index (χ2n) is 4.52. The number of carboxylic acids is 1. The zero-order valence-corrected chi connectivity index (χ0v) is 13.1. The lowest BCUT2D eigenvalue weighted by atomic mass is 10.2. The zero-order chi connectivity index (χ0) is 14.4. The maximum absolute atomic E-state index is 11.1. The summed E-state index contributed by atoms with van der Waals surface area (Å²) in [4.78, 5) is 17.4. The Balaban J connectivity index is 2.61. The van der Waals surface area contributed by atoms with Gasteiger partial charge in [0.15, 0.2) is 0 Å². The van der Waals surface area contributed by atoms with Gasteiger partial charge in [-0.25, -0.2) is 9.78 Å². The number of rotatable bonds is 7. The number of nitrogens with zero attached hydrogens (tertiary/aromatic N) is 2. The predicted molar refractivity (Wildman–Crippen MR) is 79.8 cm³/mol. The van der Waals surface area contributed by atoms with Crippen LogP contribution in [0.15, 0.2) is 16.7 Å². The molecule has 0 fully saturated rings. The summed E-state index contributed by atoms with van der Waals surface area (Å²) in [6.07, 6.45) is 2.68. The van der Waals surface area contributed by atoms with Crippen molar-refractivity contribution in [3.05, 3.63) is 22.3 Å². The fourth-order valence-corrected chi connectivity index (χ4v) is 1.96. The summed E-state index contributed by atoms with van der Waals surface area (Å²) in [5.41, 5.74) is 0.181. The molecular weight excluding hydrogens is 310 g/mol. The molecule has 1 aromatic heterocycles. The Morgan fingerprint density at radius 3 is 2.89 bits per heavy atom. The highest BCUT2D eigenvalue weighted by molar-refractivity contribution is 9.10. The van der Waals surface area contributed by atoms with Gasteiger partial charge in [-0.1, -0.05) is 6.92 Å². The van der Waals surface area contributed by atoms with Crippen molar-refractivity contribution < 1.29 is 9.90 Å². The monoisotopic (exact) mass is 329 g/mol. The summed E-state index contributed by atoms with van der Waals surface area (Å²) in [7, 11) is 2.06. The van der Waals surface area contributed by atoms with E-state index in [1.54, 1.807) is 12.3 Å². The largest absolute Gasteiger partial charge is 0.478 e. The van der Waals surface area contributed by atoms with E-state index in [2.05, 4.69) is 52.0 Å². The highest BCUT2D eigenvalue weighted by Gasteiger charge is 2.12. The third-order valence-corrected chi connectivity index (χ3v) is 3.62. The summed E-state index contributed by atoms with van der Waals surface area (Å²) in [6.45, 7) is 5.82. The van der Waals surface area contributed by atoms with Crippen LogP contribution in [0.2, 0.25) is 0 Å². The Hall–Kier alpha value is -1.14. The van der Waals surface area contributed by atoms with E-state index in [9.17, 15) is 4.79 Å². The van der Waals surface area contributed by atoms with Crippen LogP contribution in [0.25, 0.3) is 0 Å². The number of pyridine rings is 1. The number of anilines is 1. The maximum atomic E-state index is 11.1. The fraction of sp³-hybridized carbons (Fsp3) is 0.538. The molecule has 1 rings (SSSR count). The summed E-state index contributed by atoms with van der Waals surface area (Å²) in [6, 6.07) is 2.06. The first-order chi connectivity index (χ1) is 8.95. The number of hydrogen-bond donors (Lipinski definition) is 2. The van der Waals surface area contributed by atoms with Crippen LogP contribution in [-0.2, 0) is 0 Å². The molecule has 0 radical (unpaired) electrons. The number of aromatic carboxylic acids is 1. The number of likely N-dealkylation sites (N-methyl/N-ethyl adjacent to an activating group) is 1. The van der Waals surface area contributed by atoms with Crippen molar-refractivity contribution in [2.24, 2.45) is 0 Å². The Labute approximate surface area is 122 Å². The molecule has 106 valence electrons. The van der Waals surface area contributed by atoms with Crippen LogP contribution in [-0.4, -0.2) is 47.1 Å². The first-order valence-corrected chi connectivity index (χ1v) is 7.08. The van der Waals surface area contributed by atoms with Gasteiger partial charge in [0.25, 0.3) is 0 Å². The molecule has 6 heteroatoms. The maximum Gasteiger partial charge on any atom is 0.339 e. The molecule has 0 aliphatic rings. The predicted octanol–water partition coefficient (Wildman–Crippen LogP) is 2.68. The summed E-state index contributed by atoms with van der Waals surface area (Å²) < 4.78 is 0.659. The molecule has 0 aliphatic carbocycles. The van der Waals surface area contributed by atoms with Crippen molar-refractivity contribution in [1.82, 2.24) is 9.88 Å². The number of aromatic nitrogens is 1. The minimum absolute atomic E-state index is 0.181. The van der Waals surface area contributed by atoms with Gasteiger partial charge in [0, 0.05) is 29.8 Å². The van der Waals surface area contributed by atoms with E-state index >= 15 is 0 Å². The summed E-state index contributed by atoms with van der Waals surface area (Å²) in [5, 5.41) is 12.2. The van der Waals surface area contributed by atoms with E-state index in [0.29, 0.717) is 22.9 Å². The molecule has 0 bridgehead atoms. The Kier molecular flexibility index (Phi) is 6.24. The van der Waals surface area contributed by atoms with E-state index in [4.69, 9.17) is 5.11 Å². The van der Waals surface area contributed by atoms with Crippen LogP contribution in [0.5, 0.6) is 0 Å². The van der Waals surface area contributed by atoms with E-state index in [0.717, 1.165) is 13.0 Å². The van der Waals surface area contributed by atoms with Gasteiger partial charge < -0.3 is 15.3 Å². The molecular formula is C13H20BrN3O2. The van der Waals surface area contributed by atoms with Crippen molar-refractivity contribution in [3.63, 3.8) is 0 Å². The standard InChI is InChI=1S/C13H20BrN3O2/c1-4-9(2)17(3)6-5-15-12-11(13(18)19)7-10(14)8-16-12/h7-9H,4-6H2,1-3H3,(H,15,16)(H,18,19). The van der Waals surface area contributed by atoms with Crippen molar-refractivity contribution >= 4 is 27.7 Å². The Bertz CT molecular complexity index is 440. The van der Waals surface area contributed by atoms with Gasteiger partial charge in [-0.15, -0.1) is 0 Å². The average molecular weight is 330 g/mol. The van der Waals surface area contributed by atoms with Crippen molar-refractivity contribution in [2.45, 2.75) is 26.3 Å². The third-order valence-electron chi connectivity index (χ3n) is 3.18. The van der Waals surface area contributed by atoms with Crippen molar-refractivity contribution in [2.75, 3.05) is 25.5 Å². The summed E-state index contributed by atoms with van der Waals surface area (Å²) in [5.74, 6) is -0.570. The van der Waals surface area contributed by atoms with Gasteiger partial charge in [0.1, 0.15) is 11.4 Å². The third kappa shape index (κ3) is 4.80. The fourth-order valence-electron chi connectivity index (χ4n) is 1.63. The molecule has 0 spiro atoms. The lowest BCUT2D eigenvalue weighted by molar-refractivity contribution is 0.0697. The number of nitrogens with one attached hydrogen (secondary N) is 1. The number of hydrogen-bond acceptors (Lipinski definition) is 4. The molecule has 0 saturated carbocycles. The van der Waals surface area contributed by atoms with E-state index in [1.807, 2.05) is 0 Å². The van der Waals surface area contributed by atoms with Crippen LogP contribution >= 0.6 is 15.9 Å². The molecule has 1 heterocycles. The highest BCUT2D eigenvalue weighted by atomic mass is 79.9. The normalized spacial score (nSPS) is 12.5. The molecule has 5 nitrogen and oxygen atoms in total. The zero-order valence-electron chi connectivity index (χ0n) is 11.5. The second kappa shape index (κ2) is 7.45. The Morgan fingerprint density at radius 1 is 1.63 bits per heavy atom. The number of carbonyl (C=O) groups is 1. The van der Waals surface area contributed by atoms with E-state index < -0.39 is 5.97 Å². The van der Waals surface area contributed by atoms with E-state index in [-0.39, 0.29) is 5.56 Å². The van der Waals surface area contributed by atoms with Gasteiger partial charge in [0.2, 0.25) is 0 Å². The number of carboxylic acid groups (broad SMARTS) is 1. The lowest BCUT2D eigenvalue weighted by Crippen LogP contribution is -2.33. The van der Waals surface area contributed by atoms with Gasteiger partial charge >= 0.3 is 5.97 Å². The summed E-state index contributed by atoms with van der Waals surface area (Å²) >= 11 is 3.22. The molecule has 0 aliphatic heterocycles. The smallest absolute Gasteiger partial charge is 0.339 e. The molecule has 1 unspecified atom stereocenters. The van der Waals surface area contributed by atoms with Gasteiger partial charge in [-0.05, 0) is 42.4 Å². The first-order valence-electron chi connectivity index (χ1n) is 6.28. The second-order valence-corrected chi connectivity index (χ2v) is 5.44. The topological polar surface area (TPSA) is 65.5 Å². The van der Waals surface area contributed by atoms with Gasteiger partial charge in [-0.3, -0.25) is 0 Å². The lowest BCUT2D eigenvalue weighted by Gasteiger charge is -2.23. The molecule has 1 atom stereocenters.